The molecule has 0 unspecified atom stereocenters. The fourth-order valence-corrected chi connectivity index (χ4v) is 4.76. The Labute approximate surface area is 174 Å². The topological polar surface area (TPSA) is 54.9 Å². The van der Waals surface area contributed by atoms with Gasteiger partial charge in [-0.15, -0.1) is 0 Å². The van der Waals surface area contributed by atoms with Gasteiger partial charge in [0.25, 0.3) is 5.91 Å². The summed E-state index contributed by atoms with van der Waals surface area (Å²) >= 11 is 1.73. The average Bonchev–Trinajstić information content (AvgIpc) is 3.16. The molecule has 0 radical (unpaired) electrons. The van der Waals surface area contributed by atoms with Gasteiger partial charge >= 0.3 is 0 Å². The van der Waals surface area contributed by atoms with Crippen LogP contribution in [0.3, 0.4) is 0 Å². The number of aryl methyl sites for hydroxylation is 2. The number of carbonyl (C=O) groups is 1. The van der Waals surface area contributed by atoms with Crippen molar-refractivity contribution in [1.82, 2.24) is 9.88 Å². The fourth-order valence-electron chi connectivity index (χ4n) is 3.57. The third-order valence-corrected chi connectivity index (χ3v) is 6.19. The van der Waals surface area contributed by atoms with E-state index >= 15 is 0 Å². The van der Waals surface area contributed by atoms with E-state index < -0.39 is 0 Å². The minimum atomic E-state index is 0.00300. The molecule has 1 aliphatic heterocycles. The van der Waals surface area contributed by atoms with Crippen molar-refractivity contribution in [2.24, 2.45) is 0 Å². The Bertz CT molecular complexity index is 1030. The van der Waals surface area contributed by atoms with E-state index in [-0.39, 0.29) is 12.5 Å². The molecule has 0 bridgehead atoms. The highest BCUT2D eigenvalue weighted by Gasteiger charge is 2.23. The lowest BCUT2D eigenvalue weighted by molar-refractivity contribution is -0.133. The van der Waals surface area contributed by atoms with Crippen molar-refractivity contribution in [3.63, 3.8) is 0 Å². The number of hydrogen-bond acceptors (Lipinski definition) is 6. The van der Waals surface area contributed by atoms with Gasteiger partial charge in [0.2, 0.25) is 0 Å². The molecule has 1 fully saturated rings. The number of rotatable bonds is 5. The Morgan fingerprint density at radius 3 is 2.62 bits per heavy atom. The Hall–Kier alpha value is -2.80. The third-order valence-electron chi connectivity index (χ3n) is 5.12. The predicted molar refractivity (Wildman–Crippen MR) is 116 cm³/mol. The molecule has 3 aromatic rings. The second-order valence-electron chi connectivity index (χ2n) is 7.26. The van der Waals surface area contributed by atoms with E-state index in [1.165, 1.54) is 15.8 Å². The van der Waals surface area contributed by atoms with Crippen LogP contribution in [0.1, 0.15) is 11.1 Å². The van der Waals surface area contributed by atoms with E-state index in [1.807, 2.05) is 23.1 Å². The van der Waals surface area contributed by atoms with Gasteiger partial charge in [-0.2, -0.15) is 0 Å². The van der Waals surface area contributed by atoms with Gasteiger partial charge in [0, 0.05) is 32.2 Å². The lowest BCUT2D eigenvalue weighted by Gasteiger charge is -2.34. The van der Waals surface area contributed by atoms with Gasteiger partial charge in [-0.1, -0.05) is 23.5 Å². The molecule has 0 aliphatic carbocycles. The fraction of sp³-hybridized carbons (Fsp3) is 0.364. The number of amides is 1. The molecule has 0 spiro atoms. The maximum Gasteiger partial charge on any atom is 0.260 e. The highest BCUT2D eigenvalue weighted by atomic mass is 32.1. The standard InChI is InChI=1S/C22H25N3O3S/c1-15-11-16(2)21-19(12-15)29-22(23-21)25-9-7-24(8-10-25)20(26)14-28-18-6-4-5-17(13-18)27-3/h4-6,11-13H,7-10,14H2,1-3H3. The summed E-state index contributed by atoms with van der Waals surface area (Å²) < 4.78 is 12.1. The van der Waals surface area contributed by atoms with Gasteiger partial charge in [0.15, 0.2) is 11.7 Å². The number of thiazole rings is 1. The number of methoxy groups -OCH3 is 1. The van der Waals surface area contributed by atoms with Crippen molar-refractivity contribution in [2.45, 2.75) is 13.8 Å². The van der Waals surface area contributed by atoms with Crippen LogP contribution in [-0.2, 0) is 4.79 Å². The summed E-state index contributed by atoms with van der Waals surface area (Å²) in [6, 6.07) is 11.7. The van der Waals surface area contributed by atoms with Crippen molar-refractivity contribution in [3.8, 4) is 11.5 Å². The first kappa shape index (κ1) is 19.5. The summed E-state index contributed by atoms with van der Waals surface area (Å²) in [7, 11) is 1.61. The number of benzene rings is 2. The Balaban J connectivity index is 1.34. The minimum absolute atomic E-state index is 0.00300. The summed E-state index contributed by atoms with van der Waals surface area (Å²) in [5, 5.41) is 1.04. The normalized spacial score (nSPS) is 14.3. The summed E-state index contributed by atoms with van der Waals surface area (Å²) in [6.07, 6.45) is 0. The van der Waals surface area contributed by atoms with Crippen LogP contribution in [-0.4, -0.2) is 55.7 Å². The number of fused-ring (bicyclic) bond motifs is 1. The Morgan fingerprint density at radius 2 is 1.86 bits per heavy atom. The van der Waals surface area contributed by atoms with Crippen LogP contribution in [0.4, 0.5) is 5.13 Å². The number of carbonyl (C=O) groups excluding carboxylic acids is 1. The molecule has 0 saturated carbocycles. The van der Waals surface area contributed by atoms with Crippen LogP contribution in [0.2, 0.25) is 0 Å². The monoisotopic (exact) mass is 411 g/mol. The van der Waals surface area contributed by atoms with Crippen molar-refractivity contribution >= 4 is 32.6 Å². The molecule has 0 N–H and O–H groups in total. The van der Waals surface area contributed by atoms with E-state index in [1.54, 1.807) is 24.5 Å². The van der Waals surface area contributed by atoms with Crippen LogP contribution in [0, 0.1) is 13.8 Å². The van der Waals surface area contributed by atoms with Crippen molar-refractivity contribution in [1.29, 1.82) is 0 Å². The number of nitrogens with zero attached hydrogens (tertiary/aromatic N) is 3. The molecule has 29 heavy (non-hydrogen) atoms. The van der Waals surface area contributed by atoms with E-state index in [9.17, 15) is 4.79 Å². The first-order chi connectivity index (χ1) is 14.0. The first-order valence-corrected chi connectivity index (χ1v) is 10.5. The maximum atomic E-state index is 12.5. The Morgan fingerprint density at radius 1 is 1.10 bits per heavy atom. The van der Waals surface area contributed by atoms with E-state index in [0.29, 0.717) is 24.6 Å². The van der Waals surface area contributed by atoms with E-state index in [2.05, 4.69) is 30.9 Å². The van der Waals surface area contributed by atoms with Gasteiger partial charge in [-0.25, -0.2) is 4.98 Å². The number of aromatic nitrogens is 1. The van der Waals surface area contributed by atoms with E-state index in [4.69, 9.17) is 14.5 Å². The molecular weight excluding hydrogens is 386 g/mol. The smallest absolute Gasteiger partial charge is 0.260 e. The van der Waals surface area contributed by atoms with E-state index in [0.717, 1.165) is 23.7 Å². The molecule has 152 valence electrons. The number of ether oxygens (including phenoxy) is 2. The molecule has 4 rings (SSSR count). The molecular formula is C22H25N3O3S. The van der Waals surface area contributed by atoms with Crippen LogP contribution in [0.5, 0.6) is 11.5 Å². The predicted octanol–water partition coefficient (Wildman–Crippen LogP) is 3.65. The minimum Gasteiger partial charge on any atom is -0.497 e. The summed E-state index contributed by atoms with van der Waals surface area (Å²) in [4.78, 5) is 21.5. The molecule has 1 aliphatic rings. The summed E-state index contributed by atoms with van der Waals surface area (Å²) in [5.74, 6) is 1.35. The largest absolute Gasteiger partial charge is 0.497 e. The Kier molecular flexibility index (Phi) is 5.58. The lowest BCUT2D eigenvalue weighted by Crippen LogP contribution is -2.50. The second kappa shape index (κ2) is 8.29. The zero-order chi connectivity index (χ0) is 20.4. The second-order valence-corrected chi connectivity index (χ2v) is 8.27. The first-order valence-electron chi connectivity index (χ1n) is 9.71. The molecule has 1 saturated heterocycles. The van der Waals surface area contributed by atoms with Gasteiger partial charge in [-0.05, 0) is 43.2 Å². The molecule has 1 amide bonds. The average molecular weight is 412 g/mol. The number of anilines is 1. The highest BCUT2D eigenvalue weighted by Crippen LogP contribution is 2.32. The molecule has 7 heteroatoms. The van der Waals surface area contributed by atoms with Crippen molar-refractivity contribution in [3.05, 3.63) is 47.5 Å². The van der Waals surface area contributed by atoms with Gasteiger partial charge in [-0.3, -0.25) is 4.79 Å². The zero-order valence-corrected chi connectivity index (χ0v) is 17.8. The summed E-state index contributed by atoms with van der Waals surface area (Å²) in [5.41, 5.74) is 3.56. The van der Waals surface area contributed by atoms with Crippen LogP contribution in [0.15, 0.2) is 36.4 Å². The van der Waals surface area contributed by atoms with Crippen LogP contribution >= 0.6 is 11.3 Å². The van der Waals surface area contributed by atoms with Crippen molar-refractivity contribution < 1.29 is 14.3 Å². The molecule has 6 nitrogen and oxygen atoms in total. The summed E-state index contributed by atoms with van der Waals surface area (Å²) in [6.45, 7) is 7.17. The quantitative estimate of drug-likeness (QED) is 0.642. The number of piperazine rings is 1. The molecule has 1 aromatic heterocycles. The van der Waals surface area contributed by atoms with Crippen LogP contribution < -0.4 is 14.4 Å². The zero-order valence-electron chi connectivity index (χ0n) is 17.0. The molecule has 2 heterocycles. The molecule has 0 atom stereocenters. The third kappa shape index (κ3) is 4.29. The van der Waals surface area contributed by atoms with Gasteiger partial charge in [0.05, 0.1) is 17.3 Å². The highest BCUT2D eigenvalue weighted by molar-refractivity contribution is 7.22. The molecule has 2 aromatic carbocycles. The van der Waals surface area contributed by atoms with Gasteiger partial charge in [0.1, 0.15) is 11.5 Å². The number of hydrogen-bond donors (Lipinski definition) is 0. The lowest BCUT2D eigenvalue weighted by atomic mass is 10.1. The van der Waals surface area contributed by atoms with Crippen LogP contribution in [0.25, 0.3) is 10.2 Å². The SMILES string of the molecule is COc1cccc(OCC(=O)N2CCN(c3nc4c(C)cc(C)cc4s3)CC2)c1. The van der Waals surface area contributed by atoms with Gasteiger partial charge < -0.3 is 19.3 Å². The maximum absolute atomic E-state index is 12.5. The van der Waals surface area contributed by atoms with Crippen molar-refractivity contribution in [2.75, 3.05) is 44.8 Å².